The van der Waals surface area contributed by atoms with Crippen LogP contribution in [0.25, 0.3) is 0 Å². The van der Waals surface area contributed by atoms with E-state index in [1.807, 2.05) is 0 Å². The van der Waals surface area contributed by atoms with Crippen molar-refractivity contribution in [3.05, 3.63) is 0 Å². The molecule has 0 spiro atoms. The highest BCUT2D eigenvalue weighted by atomic mass is 32.2. The van der Waals surface area contributed by atoms with Gasteiger partial charge in [0.25, 0.3) is 0 Å². The van der Waals surface area contributed by atoms with Gasteiger partial charge in [0.05, 0.1) is 0 Å². The Morgan fingerprint density at radius 1 is 1.77 bits per heavy atom. The highest BCUT2D eigenvalue weighted by Crippen LogP contribution is 2.48. The zero-order valence-corrected chi connectivity index (χ0v) is 8.92. The van der Waals surface area contributed by atoms with Crippen LogP contribution in [0.1, 0.15) is 19.8 Å². The molecule has 2 nitrogen and oxygen atoms in total. The first-order chi connectivity index (χ1) is 6.06. The van der Waals surface area contributed by atoms with Gasteiger partial charge in [-0.05, 0) is 19.1 Å². The lowest BCUT2D eigenvalue weighted by molar-refractivity contribution is -0.120. The van der Waals surface area contributed by atoms with Gasteiger partial charge in [0, 0.05) is 25.1 Å². The largest absolute Gasteiger partial charge is 0.359 e. The van der Waals surface area contributed by atoms with Crippen molar-refractivity contribution in [1.82, 2.24) is 5.32 Å². The van der Waals surface area contributed by atoms with Crippen LogP contribution in [0, 0.1) is 5.92 Å². The van der Waals surface area contributed by atoms with Crippen LogP contribution < -0.4 is 5.32 Å². The quantitative estimate of drug-likeness (QED) is 0.691. The van der Waals surface area contributed by atoms with E-state index in [9.17, 15) is 9.18 Å². The molecule has 1 fully saturated rings. The lowest BCUT2D eigenvalue weighted by Crippen LogP contribution is -2.18. The molecule has 2 unspecified atom stereocenters. The fourth-order valence-corrected chi connectivity index (χ4v) is 2.42. The molecule has 1 saturated carbocycles. The number of amides is 1. The van der Waals surface area contributed by atoms with E-state index in [4.69, 9.17) is 0 Å². The molecule has 0 bridgehead atoms. The number of alkyl halides is 1. The molecule has 1 aliphatic carbocycles. The summed E-state index contributed by atoms with van der Waals surface area (Å²) in [4.78, 5) is 10.8. The molecule has 0 aromatic carbocycles. The van der Waals surface area contributed by atoms with Crippen LogP contribution in [0.2, 0.25) is 0 Å². The number of rotatable bonds is 5. The molecule has 1 N–H and O–H groups in total. The predicted octanol–water partition coefficient (Wildman–Crippen LogP) is 1.60. The van der Waals surface area contributed by atoms with Crippen LogP contribution in [0.5, 0.6) is 0 Å². The van der Waals surface area contributed by atoms with Crippen molar-refractivity contribution >= 4 is 17.7 Å². The molecule has 2 atom stereocenters. The summed E-state index contributed by atoms with van der Waals surface area (Å²) in [5.41, 5.74) is -0.917. The average molecular weight is 205 g/mol. The maximum absolute atomic E-state index is 13.0. The van der Waals surface area contributed by atoms with Crippen molar-refractivity contribution in [3.63, 3.8) is 0 Å². The van der Waals surface area contributed by atoms with Gasteiger partial charge in [-0.2, -0.15) is 11.8 Å². The van der Waals surface area contributed by atoms with Gasteiger partial charge in [-0.1, -0.05) is 0 Å². The first-order valence-electron chi connectivity index (χ1n) is 4.53. The van der Waals surface area contributed by atoms with Crippen LogP contribution in [-0.4, -0.2) is 30.1 Å². The topological polar surface area (TPSA) is 29.1 Å². The Balaban J connectivity index is 1.94. The molecular formula is C9H16FNOS. The van der Waals surface area contributed by atoms with E-state index in [1.54, 1.807) is 25.7 Å². The number of halogens is 1. The third kappa shape index (κ3) is 3.55. The van der Waals surface area contributed by atoms with Gasteiger partial charge in [0.1, 0.15) is 5.67 Å². The number of carbonyl (C=O) groups is 1. The summed E-state index contributed by atoms with van der Waals surface area (Å²) in [6.45, 7) is 1.65. The molecule has 0 aromatic rings. The maximum Gasteiger partial charge on any atom is 0.220 e. The summed E-state index contributed by atoms with van der Waals surface area (Å²) < 4.78 is 13.0. The van der Waals surface area contributed by atoms with Crippen molar-refractivity contribution in [2.45, 2.75) is 25.4 Å². The van der Waals surface area contributed by atoms with Crippen LogP contribution in [-0.2, 0) is 4.79 Å². The second kappa shape index (κ2) is 4.31. The third-order valence-corrected chi connectivity index (χ3v) is 3.54. The molecule has 0 heterocycles. The van der Waals surface area contributed by atoms with E-state index in [0.29, 0.717) is 12.8 Å². The standard InChI is InChI=1S/C9H16FNOS/c1-9(10)5-7(9)6-13-4-3-8(12)11-2/h7H,3-6H2,1-2H3,(H,11,12). The summed E-state index contributed by atoms with van der Waals surface area (Å²) >= 11 is 1.67. The Morgan fingerprint density at radius 3 is 2.85 bits per heavy atom. The zero-order chi connectivity index (χ0) is 9.90. The van der Waals surface area contributed by atoms with Crippen molar-refractivity contribution in [1.29, 1.82) is 0 Å². The smallest absolute Gasteiger partial charge is 0.220 e. The highest BCUT2D eigenvalue weighted by Gasteiger charge is 2.50. The van der Waals surface area contributed by atoms with E-state index in [-0.39, 0.29) is 11.8 Å². The normalized spacial score (nSPS) is 31.5. The van der Waals surface area contributed by atoms with Crippen molar-refractivity contribution in [3.8, 4) is 0 Å². The molecule has 1 rings (SSSR count). The van der Waals surface area contributed by atoms with Crippen LogP contribution >= 0.6 is 11.8 Å². The monoisotopic (exact) mass is 205 g/mol. The molecule has 0 aromatic heterocycles. The third-order valence-electron chi connectivity index (χ3n) is 2.41. The lowest BCUT2D eigenvalue weighted by Gasteiger charge is -2.01. The van der Waals surface area contributed by atoms with Gasteiger partial charge < -0.3 is 5.32 Å². The Hall–Kier alpha value is -0.250. The molecule has 1 amide bonds. The van der Waals surface area contributed by atoms with E-state index in [2.05, 4.69) is 5.32 Å². The van der Waals surface area contributed by atoms with Gasteiger partial charge >= 0.3 is 0 Å². The molecular weight excluding hydrogens is 189 g/mol. The summed E-state index contributed by atoms with van der Waals surface area (Å²) in [7, 11) is 1.63. The first kappa shape index (κ1) is 10.8. The Labute approximate surface area is 82.7 Å². The van der Waals surface area contributed by atoms with Crippen molar-refractivity contribution in [2.75, 3.05) is 18.6 Å². The Morgan fingerprint density at radius 2 is 2.38 bits per heavy atom. The predicted molar refractivity (Wildman–Crippen MR) is 53.6 cm³/mol. The molecule has 0 aliphatic heterocycles. The van der Waals surface area contributed by atoms with E-state index in [0.717, 1.165) is 11.5 Å². The fraction of sp³-hybridized carbons (Fsp3) is 0.889. The molecule has 0 saturated heterocycles. The summed E-state index contributed by atoms with van der Waals surface area (Å²) in [6.07, 6.45) is 1.23. The minimum absolute atomic E-state index is 0.0614. The first-order valence-corrected chi connectivity index (χ1v) is 5.69. The van der Waals surface area contributed by atoms with Crippen LogP contribution in [0.4, 0.5) is 4.39 Å². The molecule has 0 radical (unpaired) electrons. The van der Waals surface area contributed by atoms with Crippen LogP contribution in [0.15, 0.2) is 0 Å². The zero-order valence-electron chi connectivity index (χ0n) is 8.10. The van der Waals surface area contributed by atoms with Crippen molar-refractivity contribution in [2.24, 2.45) is 5.92 Å². The van der Waals surface area contributed by atoms with E-state index < -0.39 is 5.67 Å². The maximum atomic E-state index is 13.0. The summed E-state index contributed by atoms with van der Waals surface area (Å²) in [6, 6.07) is 0. The molecule has 4 heteroatoms. The SMILES string of the molecule is CNC(=O)CCSCC1CC1(C)F. The number of thioether (sulfide) groups is 1. The van der Waals surface area contributed by atoms with Gasteiger partial charge in [-0.15, -0.1) is 0 Å². The second-order valence-electron chi connectivity index (χ2n) is 3.68. The average Bonchev–Trinajstić information content (AvgIpc) is 2.67. The van der Waals surface area contributed by atoms with Gasteiger partial charge in [0.2, 0.25) is 5.91 Å². The number of carbonyl (C=O) groups excluding carboxylic acids is 1. The number of nitrogens with one attached hydrogen (secondary N) is 1. The second-order valence-corrected chi connectivity index (χ2v) is 4.83. The lowest BCUT2D eigenvalue weighted by atomic mass is 10.3. The fourth-order valence-electron chi connectivity index (χ4n) is 1.17. The Bertz CT molecular complexity index is 196. The minimum Gasteiger partial charge on any atom is -0.359 e. The number of hydrogen-bond donors (Lipinski definition) is 1. The highest BCUT2D eigenvalue weighted by molar-refractivity contribution is 7.99. The van der Waals surface area contributed by atoms with Crippen molar-refractivity contribution < 1.29 is 9.18 Å². The molecule has 13 heavy (non-hydrogen) atoms. The van der Waals surface area contributed by atoms with Gasteiger partial charge in [-0.25, -0.2) is 4.39 Å². The molecule has 76 valence electrons. The minimum atomic E-state index is -0.917. The summed E-state index contributed by atoms with van der Waals surface area (Å²) in [5.74, 6) is 1.93. The molecule has 1 aliphatic rings. The van der Waals surface area contributed by atoms with Gasteiger partial charge in [0.15, 0.2) is 0 Å². The van der Waals surface area contributed by atoms with E-state index in [1.165, 1.54) is 0 Å². The van der Waals surface area contributed by atoms with E-state index >= 15 is 0 Å². The number of hydrogen-bond acceptors (Lipinski definition) is 2. The Kier molecular flexibility index (Phi) is 3.59. The summed E-state index contributed by atoms with van der Waals surface area (Å²) in [5, 5.41) is 2.56. The van der Waals surface area contributed by atoms with Gasteiger partial charge in [-0.3, -0.25) is 4.79 Å². The van der Waals surface area contributed by atoms with Crippen LogP contribution in [0.3, 0.4) is 0 Å².